The van der Waals surface area contributed by atoms with Gasteiger partial charge in [-0.2, -0.15) is 0 Å². The largest absolute Gasteiger partial charge is 0.207 e. The molecule has 0 amide bonds. The molecule has 0 saturated carbocycles. The van der Waals surface area contributed by atoms with Gasteiger partial charge in [0.1, 0.15) is 5.82 Å². The Morgan fingerprint density at radius 3 is 1.87 bits per heavy atom. The van der Waals surface area contributed by atoms with Crippen LogP contribution in [0.15, 0.2) is 91.0 Å². The van der Waals surface area contributed by atoms with Gasteiger partial charge in [0.05, 0.1) is 5.41 Å². The Kier molecular flexibility index (Phi) is 4.41. The van der Waals surface area contributed by atoms with Crippen molar-refractivity contribution in [2.24, 2.45) is 0 Å². The molecule has 4 aromatic rings. The monoisotopic (exact) mass is 406 g/mol. The molecular formula is C30H27F. The van der Waals surface area contributed by atoms with Crippen LogP contribution in [0.1, 0.15) is 54.2 Å². The molecule has 0 saturated heterocycles. The quantitative estimate of drug-likeness (QED) is 0.281. The Morgan fingerprint density at radius 2 is 1.23 bits per heavy atom. The van der Waals surface area contributed by atoms with E-state index >= 15 is 0 Å². The van der Waals surface area contributed by atoms with Crippen molar-refractivity contribution in [2.45, 2.75) is 38.5 Å². The van der Waals surface area contributed by atoms with Crippen molar-refractivity contribution < 1.29 is 4.39 Å². The van der Waals surface area contributed by atoms with Gasteiger partial charge in [-0.1, -0.05) is 105 Å². The van der Waals surface area contributed by atoms with Gasteiger partial charge in [0, 0.05) is 0 Å². The first-order valence-corrected chi connectivity index (χ1v) is 10.9. The van der Waals surface area contributed by atoms with Gasteiger partial charge in [0.15, 0.2) is 0 Å². The van der Waals surface area contributed by atoms with Crippen LogP contribution in [0.2, 0.25) is 0 Å². The van der Waals surface area contributed by atoms with Crippen LogP contribution in [0.25, 0.3) is 11.1 Å². The fourth-order valence-corrected chi connectivity index (χ4v) is 5.06. The van der Waals surface area contributed by atoms with E-state index in [1.54, 1.807) is 12.1 Å². The molecule has 0 spiro atoms. The Morgan fingerprint density at radius 1 is 0.645 bits per heavy atom. The lowest BCUT2D eigenvalue weighted by molar-refractivity contribution is 0.589. The number of hydrogen-bond donors (Lipinski definition) is 0. The minimum atomic E-state index is -0.544. The van der Waals surface area contributed by atoms with Crippen molar-refractivity contribution in [1.29, 1.82) is 0 Å². The molecule has 0 aromatic heterocycles. The molecule has 1 unspecified atom stereocenters. The molecule has 0 fully saturated rings. The summed E-state index contributed by atoms with van der Waals surface area (Å²) in [6.45, 7) is 8.79. The van der Waals surface area contributed by atoms with Gasteiger partial charge in [-0.25, -0.2) is 4.39 Å². The Bertz CT molecular complexity index is 1260. The highest BCUT2D eigenvalue weighted by atomic mass is 19.1. The highest BCUT2D eigenvalue weighted by molar-refractivity contribution is 5.86. The zero-order chi connectivity index (χ0) is 21.8. The molecular weight excluding hydrogens is 379 g/mol. The van der Waals surface area contributed by atoms with E-state index in [2.05, 4.69) is 100 Å². The zero-order valence-electron chi connectivity index (χ0n) is 18.5. The van der Waals surface area contributed by atoms with Crippen LogP contribution in [0.3, 0.4) is 0 Å². The summed E-state index contributed by atoms with van der Waals surface area (Å²) in [4.78, 5) is 0. The second kappa shape index (κ2) is 6.92. The fourth-order valence-electron chi connectivity index (χ4n) is 5.06. The van der Waals surface area contributed by atoms with Crippen LogP contribution < -0.4 is 0 Å². The first-order valence-electron chi connectivity index (χ1n) is 10.9. The molecule has 0 aliphatic heterocycles. The van der Waals surface area contributed by atoms with Crippen LogP contribution in [-0.4, -0.2) is 0 Å². The van der Waals surface area contributed by atoms with E-state index in [0.29, 0.717) is 0 Å². The number of hydrogen-bond acceptors (Lipinski definition) is 0. The number of benzene rings is 4. The van der Waals surface area contributed by atoms with Crippen molar-refractivity contribution in [1.82, 2.24) is 0 Å². The Hall–Kier alpha value is -3.19. The fraction of sp³-hybridized carbons (Fsp3) is 0.200. The summed E-state index contributed by atoms with van der Waals surface area (Å²) in [6.07, 6.45) is 0. The second-order valence-electron chi connectivity index (χ2n) is 9.68. The average molecular weight is 407 g/mol. The number of fused-ring (bicyclic) bond motifs is 3. The van der Waals surface area contributed by atoms with Crippen molar-refractivity contribution in [3.8, 4) is 11.1 Å². The summed E-state index contributed by atoms with van der Waals surface area (Å²) in [5.41, 5.74) is 8.89. The number of aryl methyl sites for hydroxylation is 1. The maximum absolute atomic E-state index is 14.6. The Labute approximate surface area is 184 Å². The van der Waals surface area contributed by atoms with Crippen LogP contribution in [-0.2, 0) is 10.8 Å². The lowest BCUT2D eigenvalue weighted by Gasteiger charge is -2.34. The predicted molar refractivity (Wildman–Crippen MR) is 127 cm³/mol. The maximum atomic E-state index is 14.6. The molecule has 5 rings (SSSR count). The SMILES string of the molecule is Cc1ccc(C2(c3ccc(C(C)(C)C)cc3)c3ccccc3-c3ccc(F)cc32)cc1. The van der Waals surface area contributed by atoms with Crippen LogP contribution in [0.4, 0.5) is 4.39 Å². The highest BCUT2D eigenvalue weighted by Crippen LogP contribution is 2.56. The topological polar surface area (TPSA) is 0 Å². The third-order valence-corrected chi connectivity index (χ3v) is 6.68. The molecule has 1 aliphatic rings. The second-order valence-corrected chi connectivity index (χ2v) is 9.68. The number of rotatable bonds is 2. The maximum Gasteiger partial charge on any atom is 0.123 e. The lowest BCUT2D eigenvalue weighted by atomic mass is 9.67. The minimum Gasteiger partial charge on any atom is -0.207 e. The van der Waals surface area contributed by atoms with Gasteiger partial charge in [-0.05, 0) is 63.4 Å². The summed E-state index contributed by atoms with van der Waals surface area (Å²) in [5, 5.41) is 0. The zero-order valence-corrected chi connectivity index (χ0v) is 18.5. The summed E-state index contributed by atoms with van der Waals surface area (Å²) < 4.78 is 14.6. The van der Waals surface area contributed by atoms with Gasteiger partial charge < -0.3 is 0 Å². The normalized spacial score (nSPS) is 17.3. The summed E-state index contributed by atoms with van der Waals surface area (Å²) in [7, 11) is 0. The van der Waals surface area contributed by atoms with Crippen LogP contribution in [0.5, 0.6) is 0 Å². The van der Waals surface area contributed by atoms with Crippen molar-refractivity contribution in [3.05, 3.63) is 130 Å². The summed E-state index contributed by atoms with van der Waals surface area (Å²) in [6, 6.07) is 31.4. The lowest BCUT2D eigenvalue weighted by Crippen LogP contribution is -2.29. The number of halogens is 1. The first kappa shape index (κ1) is 19.8. The molecule has 1 atom stereocenters. The van der Waals surface area contributed by atoms with Gasteiger partial charge in [0.2, 0.25) is 0 Å². The molecule has 0 nitrogen and oxygen atoms in total. The molecule has 0 bridgehead atoms. The first-order chi connectivity index (χ1) is 14.8. The van der Waals surface area contributed by atoms with Gasteiger partial charge in [-0.15, -0.1) is 0 Å². The van der Waals surface area contributed by atoms with E-state index in [9.17, 15) is 4.39 Å². The van der Waals surface area contributed by atoms with Gasteiger partial charge in [0.25, 0.3) is 0 Å². The van der Waals surface area contributed by atoms with Crippen molar-refractivity contribution in [3.63, 3.8) is 0 Å². The van der Waals surface area contributed by atoms with E-state index in [1.165, 1.54) is 33.4 Å². The minimum absolute atomic E-state index is 0.0765. The van der Waals surface area contributed by atoms with E-state index in [1.807, 2.05) is 6.07 Å². The molecule has 0 radical (unpaired) electrons. The van der Waals surface area contributed by atoms with E-state index in [-0.39, 0.29) is 11.2 Å². The summed E-state index contributed by atoms with van der Waals surface area (Å²) in [5.74, 6) is -0.200. The van der Waals surface area contributed by atoms with Gasteiger partial charge >= 0.3 is 0 Å². The van der Waals surface area contributed by atoms with Gasteiger partial charge in [-0.3, -0.25) is 0 Å². The Balaban J connectivity index is 1.89. The molecule has 4 aromatic carbocycles. The molecule has 31 heavy (non-hydrogen) atoms. The molecule has 1 aliphatic carbocycles. The summed E-state index contributed by atoms with van der Waals surface area (Å²) >= 11 is 0. The predicted octanol–water partition coefficient (Wildman–Crippen LogP) is 7.79. The highest BCUT2D eigenvalue weighted by Gasteiger charge is 2.46. The average Bonchev–Trinajstić information content (AvgIpc) is 3.04. The van der Waals surface area contributed by atoms with E-state index in [4.69, 9.17) is 0 Å². The van der Waals surface area contributed by atoms with E-state index < -0.39 is 5.41 Å². The standard InChI is InChI=1S/C30H27F/c1-20-9-11-22(12-10-20)30(23-15-13-21(14-16-23)29(2,3)4)27-8-6-5-7-25(27)26-18-17-24(31)19-28(26)30/h5-19H,1-4H3. The molecule has 0 N–H and O–H groups in total. The van der Waals surface area contributed by atoms with E-state index in [0.717, 1.165) is 11.1 Å². The molecule has 0 heterocycles. The molecule has 154 valence electrons. The van der Waals surface area contributed by atoms with Crippen molar-refractivity contribution in [2.75, 3.05) is 0 Å². The molecule has 1 heteroatoms. The third kappa shape index (κ3) is 2.95. The van der Waals surface area contributed by atoms with Crippen molar-refractivity contribution >= 4 is 0 Å². The smallest absolute Gasteiger partial charge is 0.123 e. The van der Waals surface area contributed by atoms with Crippen LogP contribution in [0, 0.1) is 12.7 Å². The van der Waals surface area contributed by atoms with Crippen LogP contribution >= 0.6 is 0 Å². The third-order valence-electron chi connectivity index (χ3n) is 6.68.